The van der Waals surface area contributed by atoms with Crippen molar-refractivity contribution in [2.75, 3.05) is 31.4 Å². The smallest absolute Gasteiger partial charge is 0.322 e. The summed E-state index contributed by atoms with van der Waals surface area (Å²) in [5.74, 6) is 0.892. The minimum atomic E-state index is -0.541. The molecule has 0 spiro atoms. The van der Waals surface area contributed by atoms with Crippen molar-refractivity contribution in [2.45, 2.75) is 25.8 Å². The van der Waals surface area contributed by atoms with E-state index in [1.165, 1.54) is 7.11 Å². The molecule has 2 aromatic carbocycles. The first kappa shape index (κ1) is 19.5. The zero-order valence-electron chi connectivity index (χ0n) is 16.3. The second-order valence-electron chi connectivity index (χ2n) is 6.71. The number of nitrogens with zero attached hydrogens (tertiary/aromatic N) is 1. The molecule has 28 heavy (non-hydrogen) atoms. The maximum absolute atomic E-state index is 12.9. The van der Waals surface area contributed by atoms with Crippen LogP contribution in [0.3, 0.4) is 0 Å². The minimum absolute atomic E-state index is 0.247. The van der Waals surface area contributed by atoms with Crippen LogP contribution in [-0.2, 0) is 4.79 Å². The molecular formula is C21H25N3O4. The van der Waals surface area contributed by atoms with Gasteiger partial charge in [0.2, 0.25) is 5.91 Å². The van der Waals surface area contributed by atoms with Gasteiger partial charge in [0.25, 0.3) is 0 Å². The van der Waals surface area contributed by atoms with Gasteiger partial charge in [-0.2, -0.15) is 0 Å². The Morgan fingerprint density at radius 1 is 1.07 bits per heavy atom. The topological polar surface area (TPSA) is 79.9 Å². The SMILES string of the molecule is COc1ccc(OC)c(NC(=O)C2CCCN2C(=O)Nc2cccc(C)c2)c1. The fraction of sp³-hybridized carbons (Fsp3) is 0.333. The molecule has 2 aromatic rings. The fourth-order valence-electron chi connectivity index (χ4n) is 3.33. The number of likely N-dealkylation sites (tertiary alicyclic amines) is 1. The van der Waals surface area contributed by atoms with Gasteiger partial charge in [-0.1, -0.05) is 12.1 Å². The molecule has 1 aliphatic heterocycles. The van der Waals surface area contributed by atoms with Gasteiger partial charge < -0.3 is 25.0 Å². The number of ether oxygens (including phenoxy) is 2. The fourth-order valence-corrected chi connectivity index (χ4v) is 3.33. The van der Waals surface area contributed by atoms with Crippen molar-refractivity contribution in [3.8, 4) is 11.5 Å². The van der Waals surface area contributed by atoms with Crippen molar-refractivity contribution in [1.82, 2.24) is 4.90 Å². The lowest BCUT2D eigenvalue weighted by Crippen LogP contribution is -2.45. The normalized spacial score (nSPS) is 15.8. The van der Waals surface area contributed by atoms with Crippen molar-refractivity contribution in [3.05, 3.63) is 48.0 Å². The van der Waals surface area contributed by atoms with Gasteiger partial charge in [0.15, 0.2) is 0 Å². The second-order valence-corrected chi connectivity index (χ2v) is 6.71. The third kappa shape index (κ3) is 4.36. The third-order valence-electron chi connectivity index (χ3n) is 4.75. The summed E-state index contributed by atoms with van der Waals surface area (Å²) < 4.78 is 10.5. The Bertz CT molecular complexity index is 868. The molecule has 2 N–H and O–H groups in total. The molecule has 1 heterocycles. The van der Waals surface area contributed by atoms with Crippen molar-refractivity contribution in [3.63, 3.8) is 0 Å². The van der Waals surface area contributed by atoms with Crippen LogP contribution in [-0.4, -0.2) is 43.6 Å². The summed E-state index contributed by atoms with van der Waals surface area (Å²) >= 11 is 0. The first-order chi connectivity index (χ1) is 13.5. The van der Waals surface area contributed by atoms with Gasteiger partial charge in [-0.15, -0.1) is 0 Å². The number of benzene rings is 2. The number of hydrogen-bond acceptors (Lipinski definition) is 4. The number of hydrogen-bond donors (Lipinski definition) is 2. The zero-order valence-corrected chi connectivity index (χ0v) is 16.3. The Hall–Kier alpha value is -3.22. The summed E-state index contributed by atoms with van der Waals surface area (Å²) in [5.41, 5.74) is 2.28. The Labute approximate surface area is 164 Å². The molecule has 3 amide bonds. The zero-order chi connectivity index (χ0) is 20.1. The van der Waals surface area contributed by atoms with Crippen molar-refractivity contribution in [1.29, 1.82) is 0 Å². The van der Waals surface area contributed by atoms with Crippen LogP contribution in [0.15, 0.2) is 42.5 Å². The summed E-state index contributed by atoms with van der Waals surface area (Å²) in [6, 6.07) is 11.9. The van der Waals surface area contributed by atoms with Gasteiger partial charge in [0, 0.05) is 18.3 Å². The number of methoxy groups -OCH3 is 2. The number of nitrogens with one attached hydrogen (secondary N) is 2. The number of rotatable bonds is 5. The summed E-state index contributed by atoms with van der Waals surface area (Å²) in [6.45, 7) is 2.49. The number of carbonyl (C=O) groups is 2. The van der Waals surface area contributed by atoms with Crippen LogP contribution in [0.4, 0.5) is 16.2 Å². The summed E-state index contributed by atoms with van der Waals surface area (Å²) in [4.78, 5) is 27.2. The van der Waals surface area contributed by atoms with E-state index in [4.69, 9.17) is 9.47 Å². The second kappa shape index (κ2) is 8.65. The number of carbonyl (C=O) groups excluding carboxylic acids is 2. The van der Waals surface area contributed by atoms with E-state index in [0.717, 1.165) is 12.0 Å². The lowest BCUT2D eigenvalue weighted by molar-refractivity contribution is -0.119. The molecule has 0 aliphatic carbocycles. The number of anilines is 2. The van der Waals surface area contributed by atoms with Crippen LogP contribution >= 0.6 is 0 Å². The average Bonchev–Trinajstić information content (AvgIpc) is 3.18. The van der Waals surface area contributed by atoms with E-state index in [2.05, 4.69) is 10.6 Å². The molecule has 1 saturated heterocycles. The van der Waals surface area contributed by atoms with Gasteiger partial charge in [0.05, 0.1) is 19.9 Å². The Kier molecular flexibility index (Phi) is 6.03. The summed E-state index contributed by atoms with van der Waals surface area (Å²) in [5, 5.41) is 5.75. The molecular weight excluding hydrogens is 358 g/mol. The Morgan fingerprint density at radius 3 is 2.61 bits per heavy atom. The lowest BCUT2D eigenvalue weighted by atomic mass is 10.2. The average molecular weight is 383 g/mol. The third-order valence-corrected chi connectivity index (χ3v) is 4.75. The van der Waals surface area contributed by atoms with Crippen LogP contribution in [0.5, 0.6) is 11.5 Å². The number of amides is 3. The standard InChI is InChI=1S/C21H25N3O4/c1-14-6-4-7-15(12-14)22-21(26)24-11-5-8-18(24)20(25)23-17-13-16(27-2)9-10-19(17)28-3/h4,6-7,9-10,12-13,18H,5,8,11H2,1-3H3,(H,22,26)(H,23,25). The maximum Gasteiger partial charge on any atom is 0.322 e. The summed E-state index contributed by atoms with van der Waals surface area (Å²) in [6.07, 6.45) is 1.38. The van der Waals surface area contributed by atoms with Gasteiger partial charge in [-0.05, 0) is 49.6 Å². The van der Waals surface area contributed by atoms with Gasteiger partial charge in [-0.3, -0.25) is 4.79 Å². The molecule has 7 heteroatoms. The molecule has 1 aliphatic rings. The highest BCUT2D eigenvalue weighted by Gasteiger charge is 2.34. The first-order valence-corrected chi connectivity index (χ1v) is 9.19. The molecule has 148 valence electrons. The molecule has 0 saturated carbocycles. The van der Waals surface area contributed by atoms with Crippen LogP contribution < -0.4 is 20.1 Å². The molecule has 1 fully saturated rings. The van der Waals surface area contributed by atoms with Crippen LogP contribution in [0, 0.1) is 6.92 Å². The molecule has 0 radical (unpaired) electrons. The number of urea groups is 1. The van der Waals surface area contributed by atoms with Crippen LogP contribution in [0.2, 0.25) is 0 Å². The van der Waals surface area contributed by atoms with Gasteiger partial charge >= 0.3 is 6.03 Å². The highest BCUT2D eigenvalue weighted by atomic mass is 16.5. The Morgan fingerprint density at radius 2 is 1.89 bits per heavy atom. The van der Waals surface area contributed by atoms with Crippen molar-refractivity contribution >= 4 is 23.3 Å². The van der Waals surface area contributed by atoms with Gasteiger partial charge in [-0.25, -0.2) is 4.79 Å². The predicted octanol–water partition coefficient (Wildman–Crippen LogP) is 3.65. The molecule has 3 rings (SSSR count). The molecule has 1 unspecified atom stereocenters. The molecule has 0 aromatic heterocycles. The molecule has 1 atom stereocenters. The Balaban J connectivity index is 1.72. The quantitative estimate of drug-likeness (QED) is 0.826. The highest BCUT2D eigenvalue weighted by molar-refractivity contribution is 6.00. The van der Waals surface area contributed by atoms with Gasteiger partial charge in [0.1, 0.15) is 17.5 Å². The van der Waals surface area contributed by atoms with E-state index in [1.54, 1.807) is 30.2 Å². The number of aryl methyl sites for hydroxylation is 1. The first-order valence-electron chi connectivity index (χ1n) is 9.19. The van der Waals surface area contributed by atoms with Crippen molar-refractivity contribution < 1.29 is 19.1 Å². The lowest BCUT2D eigenvalue weighted by Gasteiger charge is -2.24. The summed E-state index contributed by atoms with van der Waals surface area (Å²) in [7, 11) is 3.09. The molecule has 0 bridgehead atoms. The maximum atomic E-state index is 12.9. The van der Waals surface area contributed by atoms with E-state index >= 15 is 0 Å². The monoisotopic (exact) mass is 383 g/mol. The van der Waals surface area contributed by atoms with Crippen molar-refractivity contribution in [2.24, 2.45) is 0 Å². The van der Waals surface area contributed by atoms with Crippen LogP contribution in [0.25, 0.3) is 0 Å². The van der Waals surface area contributed by atoms with E-state index in [-0.39, 0.29) is 11.9 Å². The highest BCUT2D eigenvalue weighted by Crippen LogP contribution is 2.30. The van der Waals surface area contributed by atoms with E-state index in [1.807, 2.05) is 31.2 Å². The predicted molar refractivity (Wildman–Crippen MR) is 108 cm³/mol. The van der Waals surface area contributed by atoms with E-state index in [0.29, 0.717) is 35.8 Å². The minimum Gasteiger partial charge on any atom is -0.497 e. The van der Waals surface area contributed by atoms with E-state index < -0.39 is 6.04 Å². The molecule has 7 nitrogen and oxygen atoms in total. The largest absolute Gasteiger partial charge is 0.497 e. The van der Waals surface area contributed by atoms with E-state index in [9.17, 15) is 9.59 Å². The van der Waals surface area contributed by atoms with Crippen LogP contribution in [0.1, 0.15) is 18.4 Å².